The SMILES string of the molecule is COC(=O)C(Sc1ccccc1Br)C1CC1. The molecule has 0 aliphatic heterocycles. The average molecular weight is 301 g/mol. The summed E-state index contributed by atoms with van der Waals surface area (Å²) in [5.41, 5.74) is 0. The molecule has 1 saturated carbocycles. The number of carbonyl (C=O) groups is 1. The van der Waals surface area contributed by atoms with Gasteiger partial charge in [-0.05, 0) is 46.8 Å². The fourth-order valence-electron chi connectivity index (χ4n) is 1.53. The molecule has 0 heterocycles. The quantitative estimate of drug-likeness (QED) is 0.629. The van der Waals surface area contributed by atoms with Gasteiger partial charge in [-0.15, -0.1) is 11.8 Å². The van der Waals surface area contributed by atoms with E-state index in [0.717, 1.165) is 22.2 Å². The van der Waals surface area contributed by atoms with Gasteiger partial charge in [-0.1, -0.05) is 12.1 Å². The molecular weight excluding hydrogens is 288 g/mol. The first kappa shape index (κ1) is 12.0. The fourth-order valence-corrected chi connectivity index (χ4v) is 3.36. The topological polar surface area (TPSA) is 26.3 Å². The van der Waals surface area contributed by atoms with Crippen LogP contribution in [0.15, 0.2) is 33.6 Å². The van der Waals surface area contributed by atoms with Gasteiger partial charge in [-0.2, -0.15) is 0 Å². The number of rotatable bonds is 4. The van der Waals surface area contributed by atoms with Crippen LogP contribution in [0.5, 0.6) is 0 Å². The van der Waals surface area contributed by atoms with Gasteiger partial charge in [-0.3, -0.25) is 4.79 Å². The monoisotopic (exact) mass is 300 g/mol. The minimum absolute atomic E-state index is 0.0521. The summed E-state index contributed by atoms with van der Waals surface area (Å²) < 4.78 is 5.89. The summed E-state index contributed by atoms with van der Waals surface area (Å²) in [5, 5.41) is -0.0521. The lowest BCUT2D eigenvalue weighted by atomic mass is 10.3. The zero-order valence-corrected chi connectivity index (χ0v) is 11.4. The lowest BCUT2D eigenvalue weighted by Gasteiger charge is -2.13. The molecule has 1 unspecified atom stereocenters. The van der Waals surface area contributed by atoms with Crippen molar-refractivity contribution in [2.75, 3.05) is 7.11 Å². The molecule has 4 heteroatoms. The van der Waals surface area contributed by atoms with E-state index in [2.05, 4.69) is 15.9 Å². The Balaban J connectivity index is 2.11. The molecule has 1 atom stereocenters. The molecule has 2 rings (SSSR count). The number of hydrogen-bond donors (Lipinski definition) is 0. The van der Waals surface area contributed by atoms with Crippen molar-refractivity contribution >= 4 is 33.7 Å². The largest absolute Gasteiger partial charge is 0.468 e. The third-order valence-corrected chi connectivity index (χ3v) is 4.97. The highest BCUT2D eigenvalue weighted by Crippen LogP contribution is 2.43. The van der Waals surface area contributed by atoms with E-state index in [-0.39, 0.29) is 11.2 Å². The Morgan fingerprint density at radius 2 is 2.19 bits per heavy atom. The highest BCUT2D eigenvalue weighted by atomic mass is 79.9. The van der Waals surface area contributed by atoms with E-state index in [9.17, 15) is 4.79 Å². The maximum atomic E-state index is 11.7. The molecule has 1 aliphatic rings. The van der Waals surface area contributed by atoms with Crippen molar-refractivity contribution in [2.24, 2.45) is 5.92 Å². The molecule has 0 amide bonds. The van der Waals surface area contributed by atoms with Crippen LogP contribution in [-0.2, 0) is 9.53 Å². The second-order valence-electron chi connectivity index (χ2n) is 3.83. The highest BCUT2D eigenvalue weighted by Gasteiger charge is 2.37. The standard InChI is InChI=1S/C12H13BrO2S/c1-15-12(14)11(8-6-7-8)16-10-5-3-2-4-9(10)13/h2-5,8,11H,6-7H2,1H3. The molecule has 1 fully saturated rings. The molecule has 0 radical (unpaired) electrons. The van der Waals surface area contributed by atoms with Gasteiger partial charge in [0.2, 0.25) is 0 Å². The zero-order chi connectivity index (χ0) is 11.5. The first-order valence-corrected chi connectivity index (χ1v) is 6.88. The van der Waals surface area contributed by atoms with Crippen LogP contribution < -0.4 is 0 Å². The molecule has 0 N–H and O–H groups in total. The maximum absolute atomic E-state index is 11.7. The molecule has 86 valence electrons. The number of esters is 1. The van der Waals surface area contributed by atoms with Crippen LogP contribution >= 0.6 is 27.7 Å². The van der Waals surface area contributed by atoms with Crippen LogP contribution in [0, 0.1) is 5.92 Å². The number of carbonyl (C=O) groups excluding carboxylic acids is 1. The van der Waals surface area contributed by atoms with Crippen molar-refractivity contribution in [1.29, 1.82) is 0 Å². The van der Waals surface area contributed by atoms with Gasteiger partial charge in [0.15, 0.2) is 0 Å². The van der Waals surface area contributed by atoms with Gasteiger partial charge in [0.05, 0.1) is 7.11 Å². The number of thioether (sulfide) groups is 1. The van der Waals surface area contributed by atoms with Gasteiger partial charge in [0, 0.05) is 9.37 Å². The average Bonchev–Trinajstić information content (AvgIpc) is 3.11. The molecule has 1 aromatic rings. The third-order valence-electron chi connectivity index (χ3n) is 2.57. The van der Waals surface area contributed by atoms with Crippen LogP contribution in [0.1, 0.15) is 12.8 Å². The summed E-state index contributed by atoms with van der Waals surface area (Å²) in [5.74, 6) is 0.382. The maximum Gasteiger partial charge on any atom is 0.319 e. The van der Waals surface area contributed by atoms with E-state index in [1.807, 2.05) is 24.3 Å². The zero-order valence-electron chi connectivity index (χ0n) is 8.98. The van der Waals surface area contributed by atoms with E-state index in [1.54, 1.807) is 11.8 Å². The van der Waals surface area contributed by atoms with E-state index in [1.165, 1.54) is 7.11 Å². The van der Waals surface area contributed by atoms with Crippen molar-refractivity contribution in [3.63, 3.8) is 0 Å². The summed E-state index contributed by atoms with van der Waals surface area (Å²) in [6.45, 7) is 0. The molecule has 16 heavy (non-hydrogen) atoms. The molecule has 0 bridgehead atoms. The molecular formula is C12H13BrO2S. The van der Waals surface area contributed by atoms with Gasteiger partial charge in [0.25, 0.3) is 0 Å². The van der Waals surface area contributed by atoms with E-state index < -0.39 is 0 Å². The smallest absolute Gasteiger partial charge is 0.319 e. The van der Waals surface area contributed by atoms with E-state index >= 15 is 0 Å². The molecule has 1 aliphatic carbocycles. The van der Waals surface area contributed by atoms with E-state index in [4.69, 9.17) is 4.74 Å². The first-order chi connectivity index (χ1) is 7.72. The van der Waals surface area contributed by atoms with Crippen LogP contribution in [0.25, 0.3) is 0 Å². The second-order valence-corrected chi connectivity index (χ2v) is 5.87. The van der Waals surface area contributed by atoms with Crippen molar-refractivity contribution < 1.29 is 9.53 Å². The van der Waals surface area contributed by atoms with Crippen molar-refractivity contribution in [3.8, 4) is 0 Å². The van der Waals surface area contributed by atoms with Gasteiger partial charge in [-0.25, -0.2) is 0 Å². The van der Waals surface area contributed by atoms with Gasteiger partial charge in [0.1, 0.15) is 5.25 Å². The normalized spacial score (nSPS) is 16.9. The lowest BCUT2D eigenvalue weighted by molar-refractivity contribution is -0.140. The third kappa shape index (κ3) is 2.80. The number of halogens is 1. The summed E-state index contributed by atoms with van der Waals surface area (Å²) in [4.78, 5) is 12.8. The first-order valence-electron chi connectivity index (χ1n) is 5.21. The summed E-state index contributed by atoms with van der Waals surface area (Å²) >= 11 is 5.09. The minimum Gasteiger partial charge on any atom is -0.468 e. The van der Waals surface area contributed by atoms with E-state index in [0.29, 0.717) is 5.92 Å². The summed E-state index contributed by atoms with van der Waals surface area (Å²) in [7, 11) is 1.46. The number of hydrogen-bond acceptors (Lipinski definition) is 3. The Bertz CT molecular complexity index is 390. The summed E-state index contributed by atoms with van der Waals surface area (Å²) in [6, 6.07) is 7.96. The number of methoxy groups -OCH3 is 1. The second kappa shape index (κ2) is 5.23. The Hall–Kier alpha value is -0.480. The predicted molar refractivity (Wildman–Crippen MR) is 68.5 cm³/mol. The molecule has 2 nitrogen and oxygen atoms in total. The molecule has 0 saturated heterocycles. The van der Waals surface area contributed by atoms with Crippen molar-refractivity contribution in [2.45, 2.75) is 23.0 Å². The Morgan fingerprint density at radius 1 is 1.50 bits per heavy atom. The molecule has 1 aromatic carbocycles. The fraction of sp³-hybridized carbons (Fsp3) is 0.417. The Labute approximate surface area is 108 Å². The van der Waals surface area contributed by atoms with Crippen LogP contribution in [0.2, 0.25) is 0 Å². The molecule has 0 spiro atoms. The summed E-state index contributed by atoms with van der Waals surface area (Å²) in [6.07, 6.45) is 2.27. The number of benzene rings is 1. The van der Waals surface area contributed by atoms with Crippen LogP contribution in [-0.4, -0.2) is 18.3 Å². The lowest BCUT2D eigenvalue weighted by Crippen LogP contribution is -2.20. The highest BCUT2D eigenvalue weighted by molar-refractivity contribution is 9.10. The predicted octanol–water partition coefficient (Wildman–Crippen LogP) is 3.49. The Kier molecular flexibility index (Phi) is 3.92. The van der Waals surface area contributed by atoms with Gasteiger partial charge >= 0.3 is 5.97 Å². The minimum atomic E-state index is -0.108. The van der Waals surface area contributed by atoms with Crippen molar-refractivity contribution in [1.82, 2.24) is 0 Å². The van der Waals surface area contributed by atoms with Crippen LogP contribution in [0.4, 0.5) is 0 Å². The number of ether oxygens (including phenoxy) is 1. The van der Waals surface area contributed by atoms with Crippen LogP contribution in [0.3, 0.4) is 0 Å². The van der Waals surface area contributed by atoms with Crippen molar-refractivity contribution in [3.05, 3.63) is 28.7 Å². The van der Waals surface area contributed by atoms with Gasteiger partial charge < -0.3 is 4.74 Å². The molecule has 0 aromatic heterocycles. The Morgan fingerprint density at radius 3 is 2.75 bits per heavy atom.